The first-order valence-electron chi connectivity index (χ1n) is 5.69. The Bertz CT molecular complexity index is 649. The van der Waals surface area contributed by atoms with Gasteiger partial charge in [0, 0.05) is 5.38 Å². The SMILES string of the molecule is O=C(O)CN(CC(=O)O)C(=O)c1csc(-c2cccs2)n1. The zero-order valence-electron chi connectivity index (χ0n) is 10.6. The second-order valence-electron chi connectivity index (χ2n) is 3.96. The van der Waals surface area contributed by atoms with Crippen LogP contribution in [0.4, 0.5) is 0 Å². The molecule has 0 saturated heterocycles. The van der Waals surface area contributed by atoms with Gasteiger partial charge in [0.05, 0.1) is 4.88 Å². The van der Waals surface area contributed by atoms with Crippen LogP contribution in [-0.2, 0) is 9.59 Å². The molecule has 0 bridgehead atoms. The first-order chi connectivity index (χ1) is 9.97. The Morgan fingerprint density at radius 2 is 1.81 bits per heavy atom. The molecule has 0 saturated carbocycles. The second kappa shape index (κ2) is 6.46. The van der Waals surface area contributed by atoms with Crippen LogP contribution in [0.3, 0.4) is 0 Å². The normalized spacial score (nSPS) is 10.3. The summed E-state index contributed by atoms with van der Waals surface area (Å²) in [7, 11) is 0. The molecule has 110 valence electrons. The summed E-state index contributed by atoms with van der Waals surface area (Å²) in [6.45, 7) is -1.37. The molecule has 0 aliphatic rings. The molecule has 2 rings (SSSR count). The van der Waals surface area contributed by atoms with E-state index in [1.54, 1.807) is 0 Å². The molecule has 0 unspecified atom stereocenters. The number of carbonyl (C=O) groups excluding carboxylic acids is 1. The summed E-state index contributed by atoms with van der Waals surface area (Å²) in [5.41, 5.74) is 0.0471. The van der Waals surface area contributed by atoms with Crippen LogP contribution in [-0.4, -0.2) is 51.0 Å². The van der Waals surface area contributed by atoms with Gasteiger partial charge in [0.1, 0.15) is 23.8 Å². The number of hydrogen-bond acceptors (Lipinski definition) is 6. The summed E-state index contributed by atoms with van der Waals surface area (Å²) in [6.07, 6.45) is 0. The average molecular weight is 326 g/mol. The maximum Gasteiger partial charge on any atom is 0.323 e. The van der Waals surface area contributed by atoms with E-state index in [-0.39, 0.29) is 5.69 Å². The quantitative estimate of drug-likeness (QED) is 0.832. The number of carboxylic acids is 2. The summed E-state index contributed by atoms with van der Waals surface area (Å²) in [5, 5.41) is 21.5. The van der Waals surface area contributed by atoms with E-state index in [1.165, 1.54) is 28.1 Å². The second-order valence-corrected chi connectivity index (χ2v) is 5.77. The molecular formula is C12H10N2O5S2. The predicted octanol–water partition coefficient (Wildman–Crippen LogP) is 1.48. The molecular weight excluding hydrogens is 316 g/mol. The lowest BCUT2D eigenvalue weighted by Crippen LogP contribution is -2.39. The van der Waals surface area contributed by atoms with Crippen molar-refractivity contribution in [1.29, 1.82) is 0 Å². The van der Waals surface area contributed by atoms with Gasteiger partial charge in [0.25, 0.3) is 5.91 Å². The number of aliphatic carboxylic acids is 2. The van der Waals surface area contributed by atoms with E-state index in [9.17, 15) is 14.4 Å². The summed E-state index contributed by atoms with van der Waals surface area (Å²) in [4.78, 5) is 39.3. The number of thiophene rings is 1. The highest BCUT2D eigenvalue weighted by molar-refractivity contribution is 7.20. The van der Waals surface area contributed by atoms with Crippen LogP contribution in [0, 0.1) is 0 Å². The molecule has 2 heterocycles. The van der Waals surface area contributed by atoms with Crippen molar-refractivity contribution in [3.63, 3.8) is 0 Å². The van der Waals surface area contributed by atoms with Gasteiger partial charge in [0.15, 0.2) is 0 Å². The molecule has 9 heteroatoms. The minimum Gasteiger partial charge on any atom is -0.480 e. The molecule has 0 aliphatic carbocycles. The molecule has 2 aromatic heterocycles. The fourth-order valence-electron chi connectivity index (χ4n) is 1.57. The van der Waals surface area contributed by atoms with Crippen molar-refractivity contribution in [3.8, 4) is 9.88 Å². The minimum atomic E-state index is -1.28. The molecule has 0 atom stereocenters. The molecule has 21 heavy (non-hydrogen) atoms. The molecule has 0 aliphatic heterocycles. The maximum atomic E-state index is 12.1. The van der Waals surface area contributed by atoms with Crippen molar-refractivity contribution < 1.29 is 24.6 Å². The Hall–Kier alpha value is -2.26. The van der Waals surface area contributed by atoms with E-state index in [0.29, 0.717) is 5.01 Å². The highest BCUT2D eigenvalue weighted by atomic mass is 32.1. The highest BCUT2D eigenvalue weighted by Gasteiger charge is 2.23. The van der Waals surface area contributed by atoms with Crippen LogP contribution >= 0.6 is 22.7 Å². The minimum absolute atomic E-state index is 0.0471. The van der Waals surface area contributed by atoms with Crippen LogP contribution in [0.25, 0.3) is 9.88 Å². The number of hydrogen-bond donors (Lipinski definition) is 2. The van der Waals surface area contributed by atoms with Gasteiger partial charge in [-0.3, -0.25) is 14.4 Å². The fraction of sp³-hybridized carbons (Fsp3) is 0.167. The van der Waals surface area contributed by atoms with E-state index in [1.807, 2.05) is 17.5 Å². The van der Waals surface area contributed by atoms with E-state index in [2.05, 4.69) is 4.98 Å². The van der Waals surface area contributed by atoms with Gasteiger partial charge in [-0.25, -0.2) is 4.98 Å². The van der Waals surface area contributed by atoms with E-state index >= 15 is 0 Å². The Labute approximate surface area is 127 Å². The van der Waals surface area contributed by atoms with E-state index < -0.39 is 30.9 Å². The fourth-order valence-corrected chi connectivity index (χ4v) is 3.18. The van der Waals surface area contributed by atoms with Crippen molar-refractivity contribution in [2.24, 2.45) is 0 Å². The number of amides is 1. The van der Waals surface area contributed by atoms with Crippen molar-refractivity contribution in [1.82, 2.24) is 9.88 Å². The van der Waals surface area contributed by atoms with Crippen LogP contribution in [0.1, 0.15) is 10.5 Å². The van der Waals surface area contributed by atoms with Crippen molar-refractivity contribution in [3.05, 3.63) is 28.6 Å². The summed E-state index contributed by atoms with van der Waals surface area (Å²) < 4.78 is 0. The standard InChI is InChI=1S/C12H10N2O5S2/c15-9(16)4-14(5-10(17)18)12(19)7-6-21-11(13-7)8-2-1-3-20-8/h1-3,6H,4-5H2,(H,15,16)(H,17,18). The topological polar surface area (TPSA) is 108 Å². The largest absolute Gasteiger partial charge is 0.480 e. The van der Waals surface area contributed by atoms with Gasteiger partial charge < -0.3 is 15.1 Å². The lowest BCUT2D eigenvalue weighted by Gasteiger charge is -2.16. The number of carboxylic acid groups (broad SMARTS) is 2. The van der Waals surface area contributed by atoms with Crippen molar-refractivity contribution in [2.45, 2.75) is 0 Å². The summed E-state index contributed by atoms with van der Waals surface area (Å²) in [5.74, 6) is -3.27. The third-order valence-corrected chi connectivity index (χ3v) is 4.28. The lowest BCUT2D eigenvalue weighted by atomic mass is 10.3. The molecule has 0 aromatic carbocycles. The zero-order chi connectivity index (χ0) is 15.4. The van der Waals surface area contributed by atoms with Crippen LogP contribution < -0.4 is 0 Å². The molecule has 0 fully saturated rings. The van der Waals surface area contributed by atoms with Crippen LogP contribution in [0.5, 0.6) is 0 Å². The monoisotopic (exact) mass is 326 g/mol. The van der Waals surface area contributed by atoms with Gasteiger partial charge in [-0.15, -0.1) is 22.7 Å². The molecule has 0 radical (unpaired) electrons. The Morgan fingerprint density at radius 3 is 2.33 bits per heavy atom. The van der Waals surface area contributed by atoms with Crippen molar-refractivity contribution in [2.75, 3.05) is 13.1 Å². The van der Waals surface area contributed by atoms with E-state index in [0.717, 1.165) is 9.78 Å². The summed E-state index contributed by atoms with van der Waals surface area (Å²) in [6, 6.07) is 3.70. The number of nitrogens with zero attached hydrogens (tertiary/aromatic N) is 2. The molecule has 1 amide bonds. The maximum absolute atomic E-state index is 12.1. The van der Waals surface area contributed by atoms with Crippen LogP contribution in [0.2, 0.25) is 0 Å². The predicted molar refractivity (Wildman–Crippen MR) is 76.6 cm³/mol. The van der Waals surface area contributed by atoms with Crippen LogP contribution in [0.15, 0.2) is 22.9 Å². The highest BCUT2D eigenvalue weighted by Crippen LogP contribution is 2.28. The molecule has 2 N–H and O–H groups in total. The average Bonchev–Trinajstić information content (AvgIpc) is 3.06. The Morgan fingerprint density at radius 1 is 1.14 bits per heavy atom. The van der Waals surface area contributed by atoms with E-state index in [4.69, 9.17) is 10.2 Å². The Balaban J connectivity index is 2.20. The third kappa shape index (κ3) is 3.86. The number of thiazole rings is 1. The Kier molecular flexibility index (Phi) is 4.66. The lowest BCUT2D eigenvalue weighted by molar-refractivity contribution is -0.140. The van der Waals surface area contributed by atoms with Gasteiger partial charge in [-0.05, 0) is 11.4 Å². The van der Waals surface area contributed by atoms with Gasteiger partial charge in [0.2, 0.25) is 0 Å². The number of aromatic nitrogens is 1. The summed E-state index contributed by atoms with van der Waals surface area (Å²) >= 11 is 2.71. The van der Waals surface area contributed by atoms with Gasteiger partial charge in [-0.2, -0.15) is 0 Å². The smallest absolute Gasteiger partial charge is 0.323 e. The molecule has 2 aromatic rings. The van der Waals surface area contributed by atoms with Gasteiger partial charge >= 0.3 is 11.9 Å². The van der Waals surface area contributed by atoms with Crippen molar-refractivity contribution >= 4 is 40.5 Å². The number of rotatable bonds is 6. The third-order valence-electron chi connectivity index (χ3n) is 2.39. The first kappa shape index (κ1) is 15.1. The van der Waals surface area contributed by atoms with Gasteiger partial charge in [-0.1, -0.05) is 6.07 Å². The zero-order valence-corrected chi connectivity index (χ0v) is 12.2. The number of carbonyl (C=O) groups is 3. The molecule has 0 spiro atoms. The first-order valence-corrected chi connectivity index (χ1v) is 7.45. The molecule has 7 nitrogen and oxygen atoms in total.